The van der Waals surface area contributed by atoms with Gasteiger partial charge in [0.2, 0.25) is 5.76 Å². The minimum Gasteiger partial charge on any atom is -0.449 e. The van der Waals surface area contributed by atoms with Crippen molar-refractivity contribution in [2.24, 2.45) is 0 Å². The molecule has 8 heteroatoms. The molecule has 3 aromatic heterocycles. The Morgan fingerprint density at radius 2 is 2.20 bits per heavy atom. The second kappa shape index (κ2) is 6.62. The molecule has 0 amide bonds. The van der Waals surface area contributed by atoms with Crippen LogP contribution in [0.5, 0.6) is 0 Å². The molecule has 0 bridgehead atoms. The summed E-state index contributed by atoms with van der Waals surface area (Å²) in [6.45, 7) is 1.77. The summed E-state index contributed by atoms with van der Waals surface area (Å²) in [7, 11) is 0. The molecule has 1 atom stereocenters. The lowest BCUT2D eigenvalue weighted by molar-refractivity contribution is 0.0270. The zero-order valence-electron chi connectivity index (χ0n) is 14.0. The van der Waals surface area contributed by atoms with Crippen LogP contribution in [-0.2, 0) is 4.74 Å². The number of nitrogens with zero attached hydrogens (tertiary/aromatic N) is 5. The molecule has 1 fully saturated rings. The van der Waals surface area contributed by atoms with Gasteiger partial charge in [-0.2, -0.15) is 0 Å². The number of tetrazole rings is 1. The largest absolute Gasteiger partial charge is 0.449 e. The Morgan fingerprint density at radius 3 is 3.00 bits per heavy atom. The van der Waals surface area contributed by atoms with Crippen LogP contribution in [0.3, 0.4) is 0 Å². The van der Waals surface area contributed by atoms with Crippen LogP contribution >= 0.6 is 0 Å². The molecule has 3 heterocycles. The molecule has 1 aliphatic rings. The van der Waals surface area contributed by atoms with Crippen molar-refractivity contribution >= 4 is 16.9 Å². The molecule has 1 aliphatic carbocycles. The summed E-state index contributed by atoms with van der Waals surface area (Å²) in [6.07, 6.45) is 8.39. The molecule has 0 spiro atoms. The lowest BCUT2D eigenvalue weighted by Gasteiger charge is -2.23. The Morgan fingerprint density at radius 1 is 1.36 bits per heavy atom. The fourth-order valence-corrected chi connectivity index (χ4v) is 3.31. The van der Waals surface area contributed by atoms with Gasteiger partial charge in [0.1, 0.15) is 5.58 Å². The maximum atomic E-state index is 12.4. The molecule has 0 N–H and O–H groups in total. The van der Waals surface area contributed by atoms with Crippen LogP contribution in [0.2, 0.25) is 0 Å². The first-order valence-corrected chi connectivity index (χ1v) is 8.54. The molecule has 1 unspecified atom stereocenters. The van der Waals surface area contributed by atoms with Crippen molar-refractivity contribution in [1.29, 1.82) is 0 Å². The molecule has 8 nitrogen and oxygen atoms in total. The molecule has 25 heavy (non-hydrogen) atoms. The average Bonchev–Trinajstić information content (AvgIpc) is 3.29. The number of carbonyl (C=O) groups excluding carboxylic acids is 1. The van der Waals surface area contributed by atoms with Gasteiger partial charge in [0.05, 0.1) is 6.04 Å². The van der Waals surface area contributed by atoms with Gasteiger partial charge in [-0.1, -0.05) is 19.3 Å². The van der Waals surface area contributed by atoms with E-state index < -0.39 is 12.1 Å². The SMILES string of the molecule is CC(OC(=O)c1cc2cnccc2o1)c1nnnn1C1CCCCC1. The predicted molar refractivity (Wildman–Crippen MR) is 87.8 cm³/mol. The molecule has 4 rings (SSSR count). The molecule has 0 saturated heterocycles. The maximum Gasteiger partial charge on any atom is 0.374 e. The maximum absolute atomic E-state index is 12.4. The fraction of sp³-hybridized carbons (Fsp3) is 0.471. The van der Waals surface area contributed by atoms with E-state index in [0.717, 1.165) is 18.2 Å². The van der Waals surface area contributed by atoms with Gasteiger partial charge in [-0.25, -0.2) is 9.48 Å². The minimum atomic E-state index is -0.559. The zero-order chi connectivity index (χ0) is 17.2. The molecule has 0 aliphatic heterocycles. The van der Waals surface area contributed by atoms with Crippen LogP contribution in [0, 0.1) is 0 Å². The van der Waals surface area contributed by atoms with Gasteiger partial charge in [-0.05, 0) is 36.3 Å². The van der Waals surface area contributed by atoms with E-state index in [1.165, 1.54) is 19.3 Å². The van der Waals surface area contributed by atoms with Gasteiger partial charge in [-0.15, -0.1) is 5.10 Å². The molecular weight excluding hydrogens is 322 g/mol. The Balaban J connectivity index is 1.51. The van der Waals surface area contributed by atoms with Crippen molar-refractivity contribution < 1.29 is 13.9 Å². The highest BCUT2D eigenvalue weighted by molar-refractivity contribution is 5.92. The number of furan rings is 1. The fourth-order valence-electron chi connectivity index (χ4n) is 3.31. The monoisotopic (exact) mass is 341 g/mol. The van der Waals surface area contributed by atoms with E-state index in [-0.39, 0.29) is 11.8 Å². The minimum absolute atomic E-state index is 0.145. The van der Waals surface area contributed by atoms with Crippen LogP contribution in [0.15, 0.2) is 28.9 Å². The van der Waals surface area contributed by atoms with E-state index in [2.05, 4.69) is 20.5 Å². The first-order valence-electron chi connectivity index (χ1n) is 8.54. The third-order valence-corrected chi connectivity index (χ3v) is 4.60. The Bertz CT molecular complexity index is 848. The summed E-state index contributed by atoms with van der Waals surface area (Å²) in [5.74, 6) is 0.173. The number of carbonyl (C=O) groups is 1. The quantitative estimate of drug-likeness (QED) is 0.672. The van der Waals surface area contributed by atoms with E-state index in [1.807, 2.05) is 0 Å². The van der Waals surface area contributed by atoms with Gasteiger partial charge in [0, 0.05) is 23.8 Å². The highest BCUT2D eigenvalue weighted by Gasteiger charge is 2.26. The van der Waals surface area contributed by atoms with Crippen molar-refractivity contribution in [1.82, 2.24) is 25.2 Å². The zero-order valence-corrected chi connectivity index (χ0v) is 14.0. The van der Waals surface area contributed by atoms with Gasteiger partial charge in [0.25, 0.3) is 0 Å². The Labute approximate surface area is 144 Å². The molecule has 3 aromatic rings. The van der Waals surface area contributed by atoms with E-state index in [4.69, 9.17) is 9.15 Å². The number of esters is 1. The van der Waals surface area contributed by atoms with Gasteiger partial charge in [-0.3, -0.25) is 4.98 Å². The van der Waals surface area contributed by atoms with Crippen molar-refractivity contribution in [3.8, 4) is 0 Å². The molecule has 130 valence electrons. The second-order valence-electron chi connectivity index (χ2n) is 6.35. The first-order chi connectivity index (χ1) is 12.2. The lowest BCUT2D eigenvalue weighted by Crippen LogP contribution is -2.20. The number of hydrogen-bond donors (Lipinski definition) is 0. The van der Waals surface area contributed by atoms with Crippen LogP contribution in [0.25, 0.3) is 11.0 Å². The summed E-state index contributed by atoms with van der Waals surface area (Å²) >= 11 is 0. The van der Waals surface area contributed by atoms with E-state index in [9.17, 15) is 4.79 Å². The number of pyridine rings is 1. The van der Waals surface area contributed by atoms with Crippen LogP contribution in [0.1, 0.15) is 67.6 Å². The number of fused-ring (bicyclic) bond motifs is 1. The smallest absolute Gasteiger partial charge is 0.374 e. The lowest BCUT2D eigenvalue weighted by atomic mass is 9.95. The van der Waals surface area contributed by atoms with Crippen molar-refractivity contribution in [2.45, 2.75) is 51.2 Å². The summed E-state index contributed by atoms with van der Waals surface area (Å²) < 4.78 is 12.9. The van der Waals surface area contributed by atoms with Gasteiger partial charge >= 0.3 is 5.97 Å². The Kier molecular flexibility index (Phi) is 4.17. The number of ether oxygens (including phenoxy) is 1. The topological polar surface area (TPSA) is 95.9 Å². The second-order valence-corrected chi connectivity index (χ2v) is 6.35. The van der Waals surface area contributed by atoms with E-state index in [1.54, 1.807) is 36.1 Å². The predicted octanol–water partition coefficient (Wildman–Crippen LogP) is 3.24. The third-order valence-electron chi connectivity index (χ3n) is 4.60. The highest BCUT2D eigenvalue weighted by atomic mass is 16.6. The van der Waals surface area contributed by atoms with E-state index >= 15 is 0 Å². The molecule has 0 radical (unpaired) electrons. The average molecular weight is 341 g/mol. The number of hydrogen-bond acceptors (Lipinski definition) is 7. The summed E-state index contributed by atoms with van der Waals surface area (Å²) in [5.41, 5.74) is 0.599. The van der Waals surface area contributed by atoms with Crippen LogP contribution in [0.4, 0.5) is 0 Å². The van der Waals surface area contributed by atoms with Gasteiger partial charge in [0.15, 0.2) is 11.9 Å². The van der Waals surface area contributed by atoms with Crippen molar-refractivity contribution in [3.63, 3.8) is 0 Å². The molecule has 1 saturated carbocycles. The summed E-state index contributed by atoms with van der Waals surface area (Å²) in [6, 6.07) is 3.61. The summed E-state index contributed by atoms with van der Waals surface area (Å²) in [4.78, 5) is 16.4. The normalized spacial score (nSPS) is 16.8. The first kappa shape index (κ1) is 15.7. The van der Waals surface area contributed by atoms with Gasteiger partial charge < -0.3 is 9.15 Å². The highest BCUT2D eigenvalue weighted by Crippen LogP contribution is 2.30. The standard InChI is InChI=1S/C17H19N5O3/c1-11(16-19-20-21-22(16)13-5-3-2-4-6-13)24-17(23)15-9-12-10-18-8-7-14(12)25-15/h7-11,13H,2-6H2,1H3. The molecular formula is C17H19N5O3. The van der Waals surface area contributed by atoms with Crippen LogP contribution < -0.4 is 0 Å². The van der Waals surface area contributed by atoms with Crippen molar-refractivity contribution in [3.05, 3.63) is 36.1 Å². The Hall–Kier alpha value is -2.77. The van der Waals surface area contributed by atoms with Crippen LogP contribution in [-0.4, -0.2) is 31.2 Å². The number of aromatic nitrogens is 5. The van der Waals surface area contributed by atoms with Crippen molar-refractivity contribution in [2.75, 3.05) is 0 Å². The third kappa shape index (κ3) is 3.11. The van der Waals surface area contributed by atoms with E-state index in [0.29, 0.717) is 11.4 Å². The molecule has 0 aromatic carbocycles. The number of rotatable bonds is 4. The summed E-state index contributed by atoms with van der Waals surface area (Å²) in [5, 5.41) is 12.7.